The zero-order chi connectivity index (χ0) is 15.2. The highest BCUT2D eigenvalue weighted by Crippen LogP contribution is 2.40. The molecular weight excluding hydrogens is 270 g/mol. The van der Waals surface area contributed by atoms with Crippen LogP contribution in [0.3, 0.4) is 0 Å². The van der Waals surface area contributed by atoms with Crippen molar-refractivity contribution >= 4 is 17.0 Å². The number of hydrogen-bond acceptors (Lipinski definition) is 5. The van der Waals surface area contributed by atoms with E-state index in [-0.39, 0.29) is 11.6 Å². The molecule has 2 unspecified atom stereocenters. The first-order chi connectivity index (χ1) is 10.0. The predicted octanol–water partition coefficient (Wildman–Crippen LogP) is 2.16. The van der Waals surface area contributed by atoms with Gasteiger partial charge in [-0.2, -0.15) is 0 Å². The van der Waals surface area contributed by atoms with Crippen LogP contribution in [0.15, 0.2) is 12.1 Å². The molecule has 0 amide bonds. The maximum atomic E-state index is 6.18. The van der Waals surface area contributed by atoms with Crippen molar-refractivity contribution in [1.29, 1.82) is 0 Å². The Morgan fingerprint density at radius 1 is 1.33 bits per heavy atom. The fourth-order valence-corrected chi connectivity index (χ4v) is 3.08. The summed E-state index contributed by atoms with van der Waals surface area (Å²) in [4.78, 5) is 4.47. The predicted molar refractivity (Wildman–Crippen MR) is 80.9 cm³/mol. The highest BCUT2D eigenvalue weighted by Gasteiger charge is 2.41. The molecule has 0 spiro atoms. The minimum absolute atomic E-state index is 0.0743. The summed E-state index contributed by atoms with van der Waals surface area (Å²) in [5, 5.41) is 0. The van der Waals surface area contributed by atoms with Crippen molar-refractivity contribution in [3.05, 3.63) is 12.1 Å². The molecule has 1 fully saturated rings. The van der Waals surface area contributed by atoms with Crippen LogP contribution in [0.4, 0.5) is 5.95 Å². The molecule has 1 aliphatic heterocycles. The van der Waals surface area contributed by atoms with E-state index in [1.54, 1.807) is 14.2 Å². The minimum Gasteiger partial charge on any atom is -0.493 e. The second kappa shape index (κ2) is 4.80. The molecule has 1 saturated heterocycles. The zero-order valence-corrected chi connectivity index (χ0v) is 12.8. The number of aromatic nitrogens is 2. The summed E-state index contributed by atoms with van der Waals surface area (Å²) in [6.07, 6.45) is 0.975. The first-order valence-electron chi connectivity index (χ1n) is 7.03. The molecular formula is C15H21N3O3. The third kappa shape index (κ3) is 1.93. The lowest BCUT2D eigenvalue weighted by molar-refractivity contribution is 0.0783. The molecule has 0 radical (unpaired) electrons. The van der Waals surface area contributed by atoms with Gasteiger partial charge in [0.2, 0.25) is 5.95 Å². The van der Waals surface area contributed by atoms with Crippen LogP contribution in [0.25, 0.3) is 11.0 Å². The van der Waals surface area contributed by atoms with E-state index in [0.29, 0.717) is 17.4 Å². The number of methoxy groups -OCH3 is 2. The van der Waals surface area contributed by atoms with Crippen molar-refractivity contribution in [2.45, 2.75) is 31.9 Å². The SMILES string of the molecule is COc1cc2nc(N)n(C3(C)CCOC3C)c2cc1OC. The number of anilines is 1. The first-order valence-corrected chi connectivity index (χ1v) is 7.03. The smallest absolute Gasteiger partial charge is 0.201 e. The fourth-order valence-electron chi connectivity index (χ4n) is 3.08. The van der Waals surface area contributed by atoms with E-state index >= 15 is 0 Å². The Morgan fingerprint density at radius 2 is 2.00 bits per heavy atom. The van der Waals surface area contributed by atoms with Crippen molar-refractivity contribution in [2.75, 3.05) is 26.6 Å². The van der Waals surface area contributed by atoms with Crippen molar-refractivity contribution in [3.63, 3.8) is 0 Å². The third-order valence-corrected chi connectivity index (χ3v) is 4.55. The number of fused-ring (bicyclic) bond motifs is 1. The second-order valence-electron chi connectivity index (χ2n) is 5.62. The standard InChI is InChI=1S/C15H21N3O3/c1-9-15(2,5-6-21-9)18-11-8-13(20-4)12(19-3)7-10(11)17-14(18)16/h7-9H,5-6H2,1-4H3,(H2,16,17). The Morgan fingerprint density at radius 3 is 2.57 bits per heavy atom. The van der Waals surface area contributed by atoms with Crippen LogP contribution in [-0.2, 0) is 10.3 Å². The van der Waals surface area contributed by atoms with Crippen LogP contribution < -0.4 is 15.2 Å². The highest BCUT2D eigenvalue weighted by molar-refractivity contribution is 5.83. The molecule has 6 nitrogen and oxygen atoms in total. The van der Waals surface area contributed by atoms with Crippen LogP contribution in [0.1, 0.15) is 20.3 Å². The summed E-state index contributed by atoms with van der Waals surface area (Å²) < 4.78 is 18.5. The quantitative estimate of drug-likeness (QED) is 0.938. The van der Waals surface area contributed by atoms with Gasteiger partial charge in [0.25, 0.3) is 0 Å². The van der Waals surface area contributed by atoms with E-state index in [1.165, 1.54) is 0 Å². The summed E-state index contributed by atoms with van der Waals surface area (Å²) in [6.45, 7) is 4.95. The summed E-state index contributed by atoms with van der Waals surface area (Å²) in [5.41, 5.74) is 7.70. The van der Waals surface area contributed by atoms with Gasteiger partial charge in [0.05, 0.1) is 36.9 Å². The first kappa shape index (κ1) is 14.0. The average molecular weight is 291 g/mol. The zero-order valence-electron chi connectivity index (χ0n) is 12.8. The molecule has 2 aromatic rings. The largest absolute Gasteiger partial charge is 0.493 e. The molecule has 114 valence electrons. The van der Waals surface area contributed by atoms with E-state index in [0.717, 1.165) is 24.1 Å². The number of rotatable bonds is 3. The molecule has 21 heavy (non-hydrogen) atoms. The Labute approximate surface area is 123 Å². The van der Waals surface area contributed by atoms with E-state index in [2.05, 4.69) is 23.4 Å². The highest BCUT2D eigenvalue weighted by atomic mass is 16.5. The third-order valence-electron chi connectivity index (χ3n) is 4.55. The van der Waals surface area contributed by atoms with E-state index in [1.807, 2.05) is 12.1 Å². The van der Waals surface area contributed by atoms with Crippen molar-refractivity contribution < 1.29 is 14.2 Å². The van der Waals surface area contributed by atoms with Crippen molar-refractivity contribution in [1.82, 2.24) is 9.55 Å². The number of nitrogens with two attached hydrogens (primary N) is 1. The normalized spacial score (nSPS) is 25.4. The minimum atomic E-state index is -0.210. The molecule has 3 rings (SSSR count). The average Bonchev–Trinajstić information content (AvgIpc) is 2.97. The maximum absolute atomic E-state index is 6.18. The van der Waals surface area contributed by atoms with Gasteiger partial charge in [-0.25, -0.2) is 4.98 Å². The summed E-state index contributed by atoms with van der Waals surface area (Å²) in [6, 6.07) is 3.78. The second-order valence-corrected chi connectivity index (χ2v) is 5.62. The number of imidazole rings is 1. The Bertz CT molecular complexity index is 682. The van der Waals surface area contributed by atoms with Gasteiger partial charge in [0.1, 0.15) is 0 Å². The monoisotopic (exact) mass is 291 g/mol. The Balaban J connectivity index is 2.26. The lowest BCUT2D eigenvalue weighted by Gasteiger charge is -2.31. The lowest BCUT2D eigenvalue weighted by atomic mass is 9.94. The van der Waals surface area contributed by atoms with Gasteiger partial charge in [-0.15, -0.1) is 0 Å². The Kier molecular flexibility index (Phi) is 3.20. The Hall–Kier alpha value is -1.95. The number of nitrogens with zero attached hydrogens (tertiary/aromatic N) is 2. The van der Waals surface area contributed by atoms with Crippen molar-refractivity contribution in [2.24, 2.45) is 0 Å². The number of benzene rings is 1. The molecule has 2 heterocycles. The fraction of sp³-hybridized carbons (Fsp3) is 0.533. The summed E-state index contributed by atoms with van der Waals surface area (Å²) in [5.74, 6) is 1.80. The van der Waals surface area contributed by atoms with Gasteiger partial charge in [-0.05, 0) is 20.3 Å². The van der Waals surface area contributed by atoms with Gasteiger partial charge < -0.3 is 24.5 Å². The molecule has 2 atom stereocenters. The van der Waals surface area contributed by atoms with Crippen LogP contribution in [0.5, 0.6) is 11.5 Å². The van der Waals surface area contributed by atoms with Crippen LogP contribution in [0.2, 0.25) is 0 Å². The van der Waals surface area contributed by atoms with E-state index < -0.39 is 0 Å². The number of nitrogen functional groups attached to an aromatic ring is 1. The van der Waals surface area contributed by atoms with Crippen LogP contribution >= 0.6 is 0 Å². The summed E-state index contributed by atoms with van der Waals surface area (Å²) in [7, 11) is 3.23. The lowest BCUT2D eigenvalue weighted by Crippen LogP contribution is -2.37. The van der Waals surface area contributed by atoms with Gasteiger partial charge in [0.15, 0.2) is 11.5 Å². The maximum Gasteiger partial charge on any atom is 0.201 e. The number of ether oxygens (including phenoxy) is 3. The van der Waals surface area contributed by atoms with Gasteiger partial charge in [0, 0.05) is 18.7 Å². The molecule has 1 aliphatic rings. The molecule has 6 heteroatoms. The van der Waals surface area contributed by atoms with E-state index in [9.17, 15) is 0 Å². The molecule has 1 aromatic heterocycles. The van der Waals surface area contributed by atoms with Gasteiger partial charge in [-0.3, -0.25) is 0 Å². The van der Waals surface area contributed by atoms with Crippen LogP contribution in [-0.4, -0.2) is 36.5 Å². The van der Waals surface area contributed by atoms with Crippen LogP contribution in [0, 0.1) is 0 Å². The van der Waals surface area contributed by atoms with Gasteiger partial charge >= 0.3 is 0 Å². The molecule has 2 N–H and O–H groups in total. The van der Waals surface area contributed by atoms with Gasteiger partial charge in [-0.1, -0.05) is 0 Å². The topological polar surface area (TPSA) is 71.5 Å². The molecule has 0 bridgehead atoms. The van der Waals surface area contributed by atoms with Crippen molar-refractivity contribution in [3.8, 4) is 11.5 Å². The summed E-state index contributed by atoms with van der Waals surface area (Å²) >= 11 is 0. The molecule has 0 aliphatic carbocycles. The molecule has 1 aromatic carbocycles. The molecule has 0 saturated carbocycles. The van der Waals surface area contributed by atoms with E-state index in [4.69, 9.17) is 19.9 Å². The number of hydrogen-bond donors (Lipinski definition) is 1.